The number of halogens is 4. The summed E-state index contributed by atoms with van der Waals surface area (Å²) >= 11 is 0. The number of anilines is 2. The molecule has 1 unspecified atom stereocenters. The zero-order valence-electron chi connectivity index (χ0n) is 46.5. The summed E-state index contributed by atoms with van der Waals surface area (Å²) in [6.45, 7) is 3.33. The number of hydrogen-bond donors (Lipinski definition) is 2. The van der Waals surface area contributed by atoms with E-state index in [4.69, 9.17) is 9.47 Å². The number of benzene rings is 8. The van der Waals surface area contributed by atoms with Crippen molar-refractivity contribution in [2.24, 2.45) is 0 Å². The summed E-state index contributed by atoms with van der Waals surface area (Å²) < 4.78 is 76.8. The summed E-state index contributed by atoms with van der Waals surface area (Å²) in [7, 11) is 2.26. The molecule has 0 fully saturated rings. The smallest absolute Gasteiger partial charge is 0.359 e. The second-order valence-electron chi connectivity index (χ2n) is 19.7. The molecule has 0 saturated heterocycles. The van der Waals surface area contributed by atoms with Gasteiger partial charge in [-0.25, -0.2) is 46.1 Å². The van der Waals surface area contributed by atoms with Crippen molar-refractivity contribution in [1.29, 1.82) is 0 Å². The van der Waals surface area contributed by atoms with E-state index in [2.05, 4.69) is 36.0 Å². The van der Waals surface area contributed by atoms with Gasteiger partial charge in [0.15, 0.2) is 11.4 Å². The van der Waals surface area contributed by atoms with Crippen LogP contribution in [0.15, 0.2) is 206 Å². The van der Waals surface area contributed by atoms with Crippen LogP contribution < -0.4 is 9.80 Å². The summed E-state index contributed by atoms with van der Waals surface area (Å²) in [5, 5.41) is 29.8. The summed E-state index contributed by atoms with van der Waals surface area (Å²) in [5.41, 5.74) is 5.61. The lowest BCUT2D eigenvalue weighted by molar-refractivity contribution is -0.171. The fourth-order valence-electron chi connectivity index (χ4n) is 9.19. The van der Waals surface area contributed by atoms with Gasteiger partial charge >= 0.3 is 23.9 Å². The number of methoxy groups -OCH3 is 2. The van der Waals surface area contributed by atoms with Crippen molar-refractivity contribution in [2.45, 2.75) is 31.8 Å². The Balaban J connectivity index is 0.000000206. The summed E-state index contributed by atoms with van der Waals surface area (Å²) in [6, 6.07) is 54.4. The lowest BCUT2D eigenvalue weighted by atomic mass is 10.1. The number of esters is 4. The van der Waals surface area contributed by atoms with E-state index in [0.717, 1.165) is 40.7 Å². The van der Waals surface area contributed by atoms with Crippen molar-refractivity contribution in [3.05, 3.63) is 263 Å². The van der Waals surface area contributed by atoms with E-state index in [-0.39, 0.29) is 46.8 Å². The van der Waals surface area contributed by atoms with Crippen LogP contribution in [0.4, 0.5) is 28.9 Å². The lowest BCUT2D eigenvalue weighted by Gasteiger charge is -2.25. The summed E-state index contributed by atoms with van der Waals surface area (Å²) in [6.07, 6.45) is 0. The molecule has 438 valence electrons. The molecule has 1 atom stereocenters. The molecule has 0 aliphatic carbocycles. The van der Waals surface area contributed by atoms with Gasteiger partial charge in [0.2, 0.25) is 5.60 Å². The molecular formula is C66H56F4N6O10. The number of fused-ring (bicyclic) bond motifs is 2. The third-order valence-electron chi connectivity index (χ3n) is 13.7. The average Bonchev–Trinajstić information content (AvgIpc) is 1.93. The molecular weight excluding hydrogens is 1110 g/mol. The van der Waals surface area contributed by atoms with Gasteiger partial charge in [0, 0.05) is 48.3 Å². The normalized spacial score (nSPS) is 11.7. The van der Waals surface area contributed by atoms with Gasteiger partial charge in [-0.05, 0) is 131 Å². The Kier molecular flexibility index (Phi) is 19.1. The van der Waals surface area contributed by atoms with Crippen LogP contribution in [0, 0.1) is 23.3 Å². The minimum absolute atomic E-state index is 0.0102. The van der Waals surface area contributed by atoms with E-state index in [1.165, 1.54) is 55.6 Å². The van der Waals surface area contributed by atoms with Crippen LogP contribution in [-0.2, 0) is 54.7 Å². The van der Waals surface area contributed by atoms with Gasteiger partial charge in [-0.15, -0.1) is 0 Å². The first-order chi connectivity index (χ1) is 41.5. The first-order valence-electron chi connectivity index (χ1n) is 26.7. The maximum atomic E-state index is 13.5. The second-order valence-corrected chi connectivity index (χ2v) is 19.7. The number of carbonyl (C=O) groups excluding carboxylic acids is 4. The van der Waals surface area contributed by atoms with Gasteiger partial charge in [-0.2, -0.15) is 10.2 Å². The minimum Gasteiger partial charge on any atom is -0.467 e. The van der Waals surface area contributed by atoms with Crippen molar-refractivity contribution in [3.63, 3.8) is 0 Å². The van der Waals surface area contributed by atoms with Gasteiger partial charge in [-0.1, -0.05) is 91.5 Å². The molecule has 8 aromatic carbocycles. The first-order valence-corrected chi connectivity index (χ1v) is 26.7. The molecule has 2 N–H and O–H groups in total. The predicted octanol–water partition coefficient (Wildman–Crippen LogP) is 11.0. The monoisotopic (exact) mass is 1170 g/mol. The number of ether oxygens (including phenoxy) is 4. The Bertz CT molecular complexity index is 3920. The Morgan fingerprint density at radius 2 is 0.849 bits per heavy atom. The zero-order chi connectivity index (χ0) is 60.9. The first kappa shape index (κ1) is 60.2. The van der Waals surface area contributed by atoms with E-state index in [9.17, 15) is 47.0 Å². The number of aliphatic hydroxyl groups excluding tert-OH is 1. The van der Waals surface area contributed by atoms with Gasteiger partial charge in [0.1, 0.15) is 36.5 Å². The fourth-order valence-corrected chi connectivity index (χ4v) is 9.19. The average molecular weight is 1170 g/mol. The van der Waals surface area contributed by atoms with Crippen molar-refractivity contribution in [3.8, 4) is 11.4 Å². The van der Waals surface area contributed by atoms with E-state index < -0.39 is 42.7 Å². The van der Waals surface area contributed by atoms with Gasteiger partial charge in [-0.3, -0.25) is 0 Å². The van der Waals surface area contributed by atoms with Crippen LogP contribution in [0.3, 0.4) is 0 Å². The zero-order valence-corrected chi connectivity index (χ0v) is 46.5. The summed E-state index contributed by atoms with van der Waals surface area (Å²) in [5.74, 6) is -4.68. The van der Waals surface area contributed by atoms with E-state index in [1.807, 2.05) is 60.7 Å². The highest BCUT2D eigenvalue weighted by molar-refractivity contribution is 6.04. The van der Waals surface area contributed by atoms with Crippen molar-refractivity contribution >= 4 is 57.1 Å². The Hall–Kier alpha value is -10.4. The van der Waals surface area contributed by atoms with Crippen LogP contribution in [0.2, 0.25) is 0 Å². The van der Waals surface area contributed by atoms with Crippen LogP contribution in [0.1, 0.15) is 43.2 Å². The number of hydrogen-bond acceptors (Lipinski definition) is 14. The highest BCUT2D eigenvalue weighted by Crippen LogP contribution is 2.29. The van der Waals surface area contributed by atoms with Crippen molar-refractivity contribution in [2.75, 3.05) is 43.8 Å². The Labute approximate surface area is 490 Å². The number of aromatic nitrogens is 4. The third kappa shape index (κ3) is 14.5. The molecule has 0 radical (unpaired) electrons. The molecule has 2 heterocycles. The molecule has 0 amide bonds. The second kappa shape index (κ2) is 27.3. The van der Waals surface area contributed by atoms with Gasteiger partial charge < -0.3 is 39.0 Å². The Morgan fingerprint density at radius 1 is 0.500 bits per heavy atom. The van der Waals surface area contributed by atoms with Crippen LogP contribution in [-0.4, -0.2) is 93.3 Å². The van der Waals surface area contributed by atoms with Gasteiger partial charge in [0.05, 0.1) is 48.8 Å². The SMILES string of the molecule is C=C(COC(=O)c1nn(-c2ccc(N(Cc3ccc(F)cc3)Cc3ccc(F)cc3)cc2)c2ccccc12)C(=O)OC.COC(=O)C(O)(CO)COC(=O)c1nn(-c2ccc(N(Cc3ccc(F)cc3)Cc3ccc(F)cc3)cc2)c2ccccc12. The number of nitrogens with zero attached hydrogens (tertiary/aromatic N) is 6. The maximum Gasteiger partial charge on any atom is 0.359 e. The number of aliphatic hydroxyl groups is 2. The quantitative estimate of drug-likeness (QED) is 0.0299. The standard InChI is InChI=1S/C33H29F2N3O6.C33H27F2N3O4/c1-43-32(41)33(42,20-39)21-44-31(40)30-28-4-2-3-5-29(28)38(36-30)27-16-14-26(15-17-27)37(18-22-6-10-24(34)11-7-22)19-23-8-12-25(35)13-9-23;1-22(32(39)41-2)21-42-33(40)31-29-5-3-4-6-30(29)38(36-31)28-17-15-27(16-18-28)37(19-23-7-11-25(34)12-8-23)20-24-9-13-26(35)14-10-24/h2-17,39,42H,18-21H2,1H3;3-18H,1,19-21H2,2H3. The molecule has 20 heteroatoms. The molecule has 10 aromatic rings. The van der Waals surface area contributed by atoms with Crippen LogP contribution in [0.5, 0.6) is 0 Å². The molecule has 86 heavy (non-hydrogen) atoms. The number of para-hydroxylation sites is 2. The molecule has 2 aromatic heterocycles. The van der Waals surface area contributed by atoms with Gasteiger partial charge in [0.25, 0.3) is 0 Å². The molecule has 0 spiro atoms. The molecule has 0 aliphatic heterocycles. The Morgan fingerprint density at radius 3 is 1.19 bits per heavy atom. The lowest BCUT2D eigenvalue weighted by Crippen LogP contribution is -2.48. The maximum absolute atomic E-state index is 13.5. The van der Waals surface area contributed by atoms with Crippen LogP contribution in [0.25, 0.3) is 33.2 Å². The van der Waals surface area contributed by atoms with E-state index in [1.54, 1.807) is 94.3 Å². The highest BCUT2D eigenvalue weighted by Gasteiger charge is 2.39. The summed E-state index contributed by atoms with van der Waals surface area (Å²) in [4.78, 5) is 53.5. The molecule has 10 rings (SSSR count). The topological polar surface area (TPSA) is 188 Å². The van der Waals surface area contributed by atoms with Crippen molar-refractivity contribution in [1.82, 2.24) is 19.6 Å². The predicted molar refractivity (Wildman–Crippen MR) is 313 cm³/mol. The number of rotatable bonds is 21. The molecule has 0 bridgehead atoms. The fraction of sp³-hybridized carbons (Fsp3) is 0.152. The number of carbonyl (C=O) groups is 4. The van der Waals surface area contributed by atoms with E-state index >= 15 is 0 Å². The molecule has 0 aliphatic rings. The van der Waals surface area contributed by atoms with Crippen LogP contribution >= 0.6 is 0 Å². The largest absolute Gasteiger partial charge is 0.467 e. The molecule has 16 nitrogen and oxygen atoms in total. The van der Waals surface area contributed by atoms with E-state index in [0.29, 0.717) is 59.4 Å². The third-order valence-corrected chi connectivity index (χ3v) is 13.7. The highest BCUT2D eigenvalue weighted by atomic mass is 19.1. The molecule has 0 saturated carbocycles. The van der Waals surface area contributed by atoms with Crippen molar-refractivity contribution < 1.29 is 65.9 Å². The minimum atomic E-state index is -2.41.